The summed E-state index contributed by atoms with van der Waals surface area (Å²) in [5, 5.41) is 3.58. The van der Waals surface area contributed by atoms with Gasteiger partial charge in [0.25, 0.3) is 0 Å². The lowest BCUT2D eigenvalue weighted by Crippen LogP contribution is -2.36. The van der Waals surface area contributed by atoms with Crippen LogP contribution in [0.15, 0.2) is 124 Å². The van der Waals surface area contributed by atoms with Gasteiger partial charge in [-0.05, 0) is 66.2 Å². The van der Waals surface area contributed by atoms with E-state index in [0.717, 1.165) is 58.5 Å². The second-order valence-corrected chi connectivity index (χ2v) is 10.3. The Morgan fingerprint density at radius 1 is 0.622 bits per heavy atom. The van der Waals surface area contributed by atoms with Crippen LogP contribution in [0.1, 0.15) is 59.7 Å². The van der Waals surface area contributed by atoms with E-state index in [4.69, 9.17) is 9.98 Å². The molecule has 4 heteroatoms. The lowest BCUT2D eigenvalue weighted by atomic mass is 9.97. The van der Waals surface area contributed by atoms with Crippen LogP contribution in [0.4, 0.5) is 0 Å². The summed E-state index contributed by atoms with van der Waals surface area (Å²) in [4.78, 5) is 10.2. The monoisotopic (exact) mass is 545 g/mol. The summed E-state index contributed by atoms with van der Waals surface area (Å²) in [5.74, 6) is 1.66. The van der Waals surface area contributed by atoms with Crippen molar-refractivity contribution in [1.29, 1.82) is 0 Å². The van der Waals surface area contributed by atoms with Gasteiger partial charge in [0, 0.05) is 21.2 Å². The van der Waals surface area contributed by atoms with Crippen LogP contribution in [0, 0.1) is 0 Å². The zero-order valence-electron chi connectivity index (χ0n) is 20.6. The second-order valence-electron chi connectivity index (χ2n) is 9.42. The third kappa shape index (κ3) is 5.21. The maximum absolute atomic E-state index is 5.09. The van der Waals surface area contributed by atoms with Crippen LogP contribution < -0.4 is 5.32 Å². The second kappa shape index (κ2) is 10.7. The first-order valence-corrected chi connectivity index (χ1v) is 13.7. The maximum atomic E-state index is 5.09. The van der Waals surface area contributed by atoms with Crippen LogP contribution >= 0.6 is 15.9 Å². The Hall–Kier alpha value is -3.76. The van der Waals surface area contributed by atoms with Crippen molar-refractivity contribution in [2.24, 2.45) is 9.98 Å². The van der Waals surface area contributed by atoms with Crippen LogP contribution in [0.2, 0.25) is 0 Å². The minimum atomic E-state index is -0.350. The van der Waals surface area contributed by atoms with Gasteiger partial charge in [-0.3, -0.25) is 0 Å². The number of hydrogen-bond acceptors (Lipinski definition) is 3. The number of allylic oxidation sites excluding steroid dienone is 8. The number of halogens is 1. The van der Waals surface area contributed by atoms with Crippen molar-refractivity contribution in [3.63, 3.8) is 0 Å². The molecule has 0 spiro atoms. The summed E-state index contributed by atoms with van der Waals surface area (Å²) in [6.07, 6.45) is 17.6. The Morgan fingerprint density at radius 2 is 1.16 bits per heavy atom. The molecule has 3 aromatic carbocycles. The Labute approximate surface area is 226 Å². The first-order valence-electron chi connectivity index (χ1n) is 12.9. The molecule has 1 aliphatic heterocycles. The molecule has 0 atom stereocenters. The Kier molecular flexibility index (Phi) is 6.83. The van der Waals surface area contributed by atoms with E-state index in [9.17, 15) is 0 Å². The van der Waals surface area contributed by atoms with Crippen LogP contribution in [-0.2, 0) is 0 Å². The summed E-state index contributed by atoms with van der Waals surface area (Å²) in [6.45, 7) is 0. The molecule has 0 amide bonds. The molecule has 2 aliphatic carbocycles. The van der Waals surface area contributed by atoms with Crippen molar-refractivity contribution in [3.05, 3.63) is 142 Å². The topological polar surface area (TPSA) is 36.8 Å². The number of amidine groups is 2. The summed E-state index contributed by atoms with van der Waals surface area (Å²) >= 11 is 3.72. The standard InChI is InChI=1S/C33H28BrN3/c34-30-20-8-7-19-29(30)33-36-31(27-17-9-15-25(21-27)23-11-3-1-4-12-23)35-32(37-33)28-18-10-16-26(22-28)24-13-5-2-6-14-24/h3,5,7-22,33H,1-2,4,6H2,(H,35,36,37). The summed E-state index contributed by atoms with van der Waals surface area (Å²) in [7, 11) is 0. The minimum Gasteiger partial charge on any atom is -0.324 e. The molecule has 0 aromatic heterocycles. The van der Waals surface area contributed by atoms with Crippen molar-refractivity contribution in [2.45, 2.75) is 31.8 Å². The molecule has 182 valence electrons. The van der Waals surface area contributed by atoms with Gasteiger partial charge < -0.3 is 5.32 Å². The van der Waals surface area contributed by atoms with Gasteiger partial charge in [-0.25, -0.2) is 9.98 Å². The number of aliphatic imine (C=N–C) groups is 2. The zero-order chi connectivity index (χ0) is 25.0. The Morgan fingerprint density at radius 3 is 1.68 bits per heavy atom. The third-order valence-corrected chi connectivity index (χ3v) is 7.57. The molecule has 0 saturated carbocycles. The van der Waals surface area contributed by atoms with Gasteiger partial charge in [0.05, 0.1) is 0 Å². The van der Waals surface area contributed by atoms with Crippen LogP contribution in [0.5, 0.6) is 0 Å². The van der Waals surface area contributed by atoms with Crippen molar-refractivity contribution in [3.8, 4) is 0 Å². The molecular weight excluding hydrogens is 518 g/mol. The highest BCUT2D eigenvalue weighted by Crippen LogP contribution is 2.31. The fraction of sp³-hybridized carbons (Fsp3) is 0.152. The quantitative estimate of drug-likeness (QED) is 0.343. The largest absolute Gasteiger partial charge is 0.324 e. The molecule has 0 bridgehead atoms. The summed E-state index contributed by atoms with van der Waals surface area (Å²) in [5.41, 5.74) is 8.09. The summed E-state index contributed by atoms with van der Waals surface area (Å²) in [6, 6.07) is 25.4. The normalized spacial score (nSPS) is 17.4. The molecule has 0 radical (unpaired) electrons. The van der Waals surface area contributed by atoms with Crippen LogP contribution in [0.3, 0.4) is 0 Å². The molecule has 3 aliphatic rings. The number of hydrogen-bond donors (Lipinski definition) is 1. The molecule has 3 nitrogen and oxygen atoms in total. The molecule has 3 aromatic rings. The molecule has 1 N–H and O–H groups in total. The van der Waals surface area contributed by atoms with E-state index in [-0.39, 0.29) is 6.17 Å². The molecule has 0 unspecified atom stereocenters. The van der Waals surface area contributed by atoms with E-state index in [1.807, 2.05) is 18.2 Å². The van der Waals surface area contributed by atoms with Gasteiger partial charge in [-0.1, -0.05) is 107 Å². The van der Waals surface area contributed by atoms with E-state index < -0.39 is 0 Å². The SMILES string of the molecule is Brc1ccccc1C1N=C(c2cccc(C3=CCCC=C3)c2)NC(c2cccc(C3=CCCC=C3)c2)=N1. The van der Waals surface area contributed by atoms with Crippen LogP contribution in [0.25, 0.3) is 11.1 Å². The van der Waals surface area contributed by atoms with E-state index in [1.165, 1.54) is 22.3 Å². The summed E-state index contributed by atoms with van der Waals surface area (Å²) < 4.78 is 1.01. The predicted octanol–water partition coefficient (Wildman–Crippen LogP) is 8.41. The van der Waals surface area contributed by atoms with E-state index in [0.29, 0.717) is 0 Å². The van der Waals surface area contributed by atoms with E-state index in [2.05, 4.69) is 112 Å². The van der Waals surface area contributed by atoms with Gasteiger partial charge in [-0.2, -0.15) is 0 Å². The highest BCUT2D eigenvalue weighted by atomic mass is 79.9. The minimum absolute atomic E-state index is 0.350. The highest BCUT2D eigenvalue weighted by molar-refractivity contribution is 9.10. The smallest absolute Gasteiger partial charge is 0.170 e. The number of nitrogens with zero attached hydrogens (tertiary/aromatic N) is 2. The Bertz CT molecular complexity index is 1430. The van der Waals surface area contributed by atoms with Gasteiger partial charge >= 0.3 is 0 Å². The van der Waals surface area contributed by atoms with E-state index in [1.54, 1.807) is 0 Å². The van der Waals surface area contributed by atoms with Gasteiger partial charge in [0.2, 0.25) is 0 Å². The molecule has 1 heterocycles. The lowest BCUT2D eigenvalue weighted by Gasteiger charge is -2.23. The number of nitrogens with one attached hydrogen (secondary N) is 1. The predicted molar refractivity (Wildman–Crippen MR) is 159 cm³/mol. The van der Waals surface area contributed by atoms with Crippen molar-refractivity contribution in [2.75, 3.05) is 0 Å². The average Bonchev–Trinajstić information content (AvgIpc) is 2.98. The highest BCUT2D eigenvalue weighted by Gasteiger charge is 2.22. The van der Waals surface area contributed by atoms with Gasteiger partial charge in [0.15, 0.2) is 6.17 Å². The Balaban J connectivity index is 1.41. The molecule has 37 heavy (non-hydrogen) atoms. The fourth-order valence-corrected chi connectivity index (χ4v) is 5.40. The van der Waals surface area contributed by atoms with Gasteiger partial charge in [-0.15, -0.1) is 0 Å². The van der Waals surface area contributed by atoms with Crippen molar-refractivity contribution in [1.82, 2.24) is 5.32 Å². The molecule has 0 fully saturated rings. The first-order chi connectivity index (χ1) is 18.2. The molecule has 6 rings (SSSR count). The molecular formula is C33H28BrN3. The van der Waals surface area contributed by atoms with E-state index >= 15 is 0 Å². The lowest BCUT2D eigenvalue weighted by molar-refractivity contribution is 0.752. The molecule has 0 saturated heterocycles. The zero-order valence-corrected chi connectivity index (χ0v) is 22.2. The van der Waals surface area contributed by atoms with Crippen molar-refractivity contribution < 1.29 is 0 Å². The van der Waals surface area contributed by atoms with Crippen LogP contribution in [-0.4, -0.2) is 11.7 Å². The average molecular weight is 547 g/mol. The maximum Gasteiger partial charge on any atom is 0.170 e. The fourth-order valence-electron chi connectivity index (χ4n) is 4.91. The number of rotatable bonds is 5. The number of benzene rings is 3. The first kappa shape index (κ1) is 23.6. The van der Waals surface area contributed by atoms with Crippen molar-refractivity contribution >= 4 is 38.7 Å². The van der Waals surface area contributed by atoms with Gasteiger partial charge in [0.1, 0.15) is 11.7 Å². The third-order valence-electron chi connectivity index (χ3n) is 6.85.